The van der Waals surface area contributed by atoms with Crippen LogP contribution in [-0.2, 0) is 0 Å². The van der Waals surface area contributed by atoms with Crippen molar-refractivity contribution < 1.29 is 13.6 Å². The number of alkyl halides is 2. The average Bonchev–Trinajstić information content (AvgIpc) is 3.26. The van der Waals surface area contributed by atoms with Gasteiger partial charge in [-0.15, -0.1) is 0 Å². The van der Waals surface area contributed by atoms with Crippen molar-refractivity contribution in [3.63, 3.8) is 0 Å². The molecule has 0 atom stereocenters. The lowest BCUT2D eigenvalue weighted by Gasteiger charge is -2.26. The minimum absolute atomic E-state index is 0.0567. The number of pyridine rings is 1. The van der Waals surface area contributed by atoms with E-state index < -0.39 is 18.0 Å². The van der Waals surface area contributed by atoms with Crippen molar-refractivity contribution in [2.45, 2.75) is 52.0 Å². The van der Waals surface area contributed by atoms with Gasteiger partial charge in [0.15, 0.2) is 5.69 Å². The predicted octanol–water partition coefficient (Wildman–Crippen LogP) is 4.78. The van der Waals surface area contributed by atoms with Gasteiger partial charge in [0, 0.05) is 12.4 Å². The second kappa shape index (κ2) is 7.33. The zero-order valence-electron chi connectivity index (χ0n) is 15.9. The summed E-state index contributed by atoms with van der Waals surface area (Å²) in [7, 11) is 0. The van der Waals surface area contributed by atoms with Gasteiger partial charge < -0.3 is 5.32 Å². The van der Waals surface area contributed by atoms with E-state index in [1.165, 1.54) is 12.4 Å². The SMILES string of the molecule is Cc1ccc2ncc(C(=O)Nc3cn(C4CCC(C)CC4)nc3C(F)F)n2c1. The van der Waals surface area contributed by atoms with Crippen LogP contribution in [0, 0.1) is 12.8 Å². The molecule has 0 unspecified atom stereocenters. The number of carbonyl (C=O) groups excluding carboxylic acids is 1. The number of hydrogen-bond donors (Lipinski definition) is 1. The highest BCUT2D eigenvalue weighted by molar-refractivity contribution is 6.03. The molecular formula is C20H23F2N5O. The van der Waals surface area contributed by atoms with E-state index in [2.05, 4.69) is 22.3 Å². The maximum Gasteiger partial charge on any atom is 0.284 e. The molecule has 0 spiro atoms. The van der Waals surface area contributed by atoms with Gasteiger partial charge >= 0.3 is 0 Å². The number of amides is 1. The zero-order chi connectivity index (χ0) is 19.8. The summed E-state index contributed by atoms with van der Waals surface area (Å²) in [6.45, 7) is 4.11. The number of anilines is 1. The van der Waals surface area contributed by atoms with Crippen molar-refractivity contribution >= 4 is 17.2 Å². The van der Waals surface area contributed by atoms with E-state index in [4.69, 9.17) is 0 Å². The molecule has 1 aliphatic rings. The van der Waals surface area contributed by atoms with Gasteiger partial charge in [-0.05, 0) is 50.2 Å². The van der Waals surface area contributed by atoms with E-state index in [-0.39, 0.29) is 17.4 Å². The first kappa shape index (κ1) is 18.6. The van der Waals surface area contributed by atoms with Crippen LogP contribution in [0.4, 0.5) is 14.5 Å². The van der Waals surface area contributed by atoms with Crippen LogP contribution in [0.2, 0.25) is 0 Å². The molecule has 1 aliphatic carbocycles. The molecule has 6 nitrogen and oxygen atoms in total. The molecule has 0 aromatic carbocycles. The van der Waals surface area contributed by atoms with Gasteiger partial charge in [0.25, 0.3) is 12.3 Å². The molecule has 0 radical (unpaired) electrons. The number of nitrogens with zero attached hydrogens (tertiary/aromatic N) is 4. The van der Waals surface area contributed by atoms with Gasteiger partial charge in [0.2, 0.25) is 0 Å². The highest BCUT2D eigenvalue weighted by Gasteiger charge is 2.26. The molecule has 0 saturated heterocycles. The molecule has 3 heterocycles. The third-order valence-corrected chi connectivity index (χ3v) is 5.46. The van der Waals surface area contributed by atoms with Crippen molar-refractivity contribution in [1.29, 1.82) is 0 Å². The van der Waals surface area contributed by atoms with Crippen LogP contribution >= 0.6 is 0 Å². The lowest BCUT2D eigenvalue weighted by atomic mass is 9.87. The predicted molar refractivity (Wildman–Crippen MR) is 102 cm³/mol. The van der Waals surface area contributed by atoms with Gasteiger partial charge in [-0.25, -0.2) is 13.8 Å². The lowest BCUT2D eigenvalue weighted by molar-refractivity contribution is 0.102. The Balaban J connectivity index is 1.61. The van der Waals surface area contributed by atoms with Crippen molar-refractivity contribution in [1.82, 2.24) is 19.2 Å². The van der Waals surface area contributed by atoms with Crippen molar-refractivity contribution in [3.8, 4) is 0 Å². The van der Waals surface area contributed by atoms with Crippen molar-refractivity contribution in [2.24, 2.45) is 5.92 Å². The van der Waals surface area contributed by atoms with E-state index in [9.17, 15) is 13.6 Å². The smallest absolute Gasteiger partial charge is 0.284 e. The largest absolute Gasteiger partial charge is 0.318 e. The van der Waals surface area contributed by atoms with E-state index in [1.807, 2.05) is 13.0 Å². The van der Waals surface area contributed by atoms with Crippen LogP contribution in [0.3, 0.4) is 0 Å². The number of carbonyl (C=O) groups is 1. The first-order valence-electron chi connectivity index (χ1n) is 9.54. The molecule has 0 bridgehead atoms. The van der Waals surface area contributed by atoms with Gasteiger partial charge in [0.1, 0.15) is 11.3 Å². The quantitative estimate of drug-likeness (QED) is 0.701. The van der Waals surface area contributed by atoms with Gasteiger partial charge in [-0.3, -0.25) is 13.9 Å². The number of aryl methyl sites for hydroxylation is 1. The Hall–Kier alpha value is -2.77. The van der Waals surface area contributed by atoms with Gasteiger partial charge in [-0.2, -0.15) is 5.10 Å². The minimum Gasteiger partial charge on any atom is -0.318 e. The first-order valence-corrected chi connectivity index (χ1v) is 9.54. The summed E-state index contributed by atoms with van der Waals surface area (Å²) in [5.74, 6) is 0.163. The van der Waals surface area contributed by atoms with E-state index in [1.54, 1.807) is 21.3 Å². The molecular weight excluding hydrogens is 364 g/mol. The van der Waals surface area contributed by atoms with Crippen LogP contribution in [0.1, 0.15) is 66.8 Å². The summed E-state index contributed by atoms with van der Waals surface area (Å²) in [5.41, 5.74) is 1.54. The molecule has 1 saturated carbocycles. The van der Waals surface area contributed by atoms with Crippen molar-refractivity contribution in [3.05, 3.63) is 47.7 Å². The first-order chi connectivity index (χ1) is 13.4. The number of nitrogens with one attached hydrogen (secondary N) is 1. The second-order valence-electron chi connectivity index (χ2n) is 7.65. The Kier molecular flexibility index (Phi) is 4.87. The third-order valence-electron chi connectivity index (χ3n) is 5.46. The maximum absolute atomic E-state index is 13.5. The van der Waals surface area contributed by atoms with Crippen LogP contribution in [-0.4, -0.2) is 25.1 Å². The van der Waals surface area contributed by atoms with Crippen molar-refractivity contribution in [2.75, 3.05) is 5.32 Å². The Morgan fingerprint density at radius 2 is 1.96 bits per heavy atom. The number of aromatic nitrogens is 4. The lowest BCUT2D eigenvalue weighted by Crippen LogP contribution is -2.17. The Labute approximate surface area is 161 Å². The van der Waals surface area contributed by atoms with E-state index >= 15 is 0 Å². The molecule has 0 aliphatic heterocycles. The molecule has 28 heavy (non-hydrogen) atoms. The summed E-state index contributed by atoms with van der Waals surface area (Å²) >= 11 is 0. The Bertz CT molecular complexity index is 1000. The molecule has 1 fully saturated rings. The van der Waals surface area contributed by atoms with Gasteiger partial charge in [-0.1, -0.05) is 13.0 Å². The van der Waals surface area contributed by atoms with Crippen LogP contribution in [0.5, 0.6) is 0 Å². The highest BCUT2D eigenvalue weighted by Crippen LogP contribution is 2.34. The zero-order valence-corrected chi connectivity index (χ0v) is 15.9. The maximum atomic E-state index is 13.5. The Morgan fingerprint density at radius 3 is 2.68 bits per heavy atom. The summed E-state index contributed by atoms with van der Waals surface area (Å²) in [6, 6.07) is 3.80. The summed E-state index contributed by atoms with van der Waals surface area (Å²) in [4.78, 5) is 16.9. The third kappa shape index (κ3) is 3.50. The monoisotopic (exact) mass is 387 g/mol. The fourth-order valence-corrected chi connectivity index (χ4v) is 3.80. The number of rotatable bonds is 4. The topological polar surface area (TPSA) is 64.2 Å². The minimum atomic E-state index is -2.76. The van der Waals surface area contributed by atoms with Gasteiger partial charge in [0.05, 0.1) is 17.9 Å². The van der Waals surface area contributed by atoms with E-state index in [0.29, 0.717) is 11.6 Å². The molecule has 1 N–H and O–H groups in total. The van der Waals surface area contributed by atoms with Crippen LogP contribution in [0.15, 0.2) is 30.7 Å². The number of fused-ring (bicyclic) bond motifs is 1. The van der Waals surface area contributed by atoms with Crippen LogP contribution < -0.4 is 5.32 Å². The number of hydrogen-bond acceptors (Lipinski definition) is 3. The molecule has 4 rings (SSSR count). The molecule has 8 heteroatoms. The summed E-state index contributed by atoms with van der Waals surface area (Å²) in [6.07, 6.45) is 5.93. The molecule has 148 valence electrons. The summed E-state index contributed by atoms with van der Waals surface area (Å²) < 4.78 is 30.3. The normalized spacial score (nSPS) is 20.0. The molecule has 3 aromatic heterocycles. The number of halogens is 2. The average molecular weight is 387 g/mol. The second-order valence-corrected chi connectivity index (χ2v) is 7.65. The summed E-state index contributed by atoms with van der Waals surface area (Å²) in [5, 5.41) is 6.71. The molecule has 3 aromatic rings. The number of imidazole rings is 1. The fourth-order valence-electron chi connectivity index (χ4n) is 3.80. The highest BCUT2D eigenvalue weighted by atomic mass is 19.3. The Morgan fingerprint density at radius 1 is 1.21 bits per heavy atom. The van der Waals surface area contributed by atoms with E-state index in [0.717, 1.165) is 31.2 Å². The standard InChI is InChI=1S/C20H23F2N5O/c1-12-3-6-14(7-4-12)27-11-15(18(25-27)19(21)22)24-20(28)16-9-23-17-8-5-13(2)10-26(16)17/h5,8-12,14,19H,3-4,6-7H2,1-2H3,(H,24,28). The molecule has 1 amide bonds. The fraction of sp³-hybridized carbons (Fsp3) is 0.450. The van der Waals surface area contributed by atoms with Crippen LogP contribution in [0.25, 0.3) is 5.65 Å².